The lowest BCUT2D eigenvalue weighted by atomic mass is 9.89. The topological polar surface area (TPSA) is 36.4 Å². The molecule has 1 amide bonds. The number of carbonyl (C=O) groups excluding carboxylic acids is 1. The number of pyridine rings is 1. The number of hydrogen-bond donors (Lipinski definition) is 0. The van der Waals surface area contributed by atoms with E-state index in [0.717, 1.165) is 31.5 Å². The maximum absolute atomic E-state index is 13.2. The number of likely N-dealkylation sites (tertiary alicyclic amines) is 1. The van der Waals surface area contributed by atoms with Gasteiger partial charge in [0, 0.05) is 25.5 Å². The van der Waals surface area contributed by atoms with Gasteiger partial charge in [-0.05, 0) is 68.2 Å². The van der Waals surface area contributed by atoms with E-state index < -0.39 is 0 Å². The standard InChI is InChI=1S/C20H24FN3O/c1-23(2)19(17-3-5-18(21)6-4-17)20(25)24-13-9-16(10-14-24)15-7-11-22-12-8-15/h3-8,11-12,16,19H,9-10,13-14H2,1-2H3/t19-/m1/s1. The van der Waals surface area contributed by atoms with Gasteiger partial charge in [0.15, 0.2) is 0 Å². The van der Waals surface area contributed by atoms with E-state index in [-0.39, 0.29) is 17.8 Å². The molecular weight excluding hydrogens is 317 g/mol. The number of carbonyl (C=O) groups is 1. The summed E-state index contributed by atoms with van der Waals surface area (Å²) in [6, 6.07) is 9.96. The Morgan fingerprint density at radius 3 is 2.28 bits per heavy atom. The summed E-state index contributed by atoms with van der Waals surface area (Å²) in [4.78, 5) is 20.9. The van der Waals surface area contributed by atoms with Crippen LogP contribution in [-0.2, 0) is 4.79 Å². The second kappa shape index (κ2) is 7.74. The second-order valence-electron chi connectivity index (χ2n) is 6.80. The van der Waals surface area contributed by atoms with Gasteiger partial charge >= 0.3 is 0 Å². The fourth-order valence-corrected chi connectivity index (χ4v) is 3.55. The van der Waals surface area contributed by atoms with Gasteiger partial charge in [0.25, 0.3) is 0 Å². The number of piperidine rings is 1. The maximum Gasteiger partial charge on any atom is 0.244 e. The molecule has 0 radical (unpaired) electrons. The Bertz CT molecular complexity index is 695. The van der Waals surface area contributed by atoms with Crippen molar-refractivity contribution in [3.63, 3.8) is 0 Å². The van der Waals surface area contributed by atoms with E-state index in [1.54, 1.807) is 12.1 Å². The molecule has 1 aromatic carbocycles. The second-order valence-corrected chi connectivity index (χ2v) is 6.80. The molecule has 0 bridgehead atoms. The van der Waals surface area contributed by atoms with Gasteiger partial charge < -0.3 is 4.90 Å². The number of halogens is 1. The van der Waals surface area contributed by atoms with Crippen LogP contribution in [0.3, 0.4) is 0 Å². The van der Waals surface area contributed by atoms with Gasteiger partial charge in [0.2, 0.25) is 5.91 Å². The third-order valence-electron chi connectivity index (χ3n) is 4.92. The molecule has 25 heavy (non-hydrogen) atoms. The van der Waals surface area contributed by atoms with Crippen molar-refractivity contribution in [3.05, 3.63) is 65.7 Å². The quantitative estimate of drug-likeness (QED) is 0.857. The van der Waals surface area contributed by atoms with Crippen LogP contribution in [-0.4, -0.2) is 47.9 Å². The average Bonchev–Trinajstić information content (AvgIpc) is 2.64. The fourth-order valence-electron chi connectivity index (χ4n) is 3.55. The normalized spacial score (nSPS) is 16.9. The highest BCUT2D eigenvalue weighted by atomic mass is 19.1. The largest absolute Gasteiger partial charge is 0.341 e. The van der Waals surface area contributed by atoms with E-state index >= 15 is 0 Å². The molecular formula is C20H24FN3O. The molecule has 1 saturated heterocycles. The van der Waals surface area contributed by atoms with Crippen LogP contribution in [0.25, 0.3) is 0 Å². The SMILES string of the molecule is CN(C)[C@@H](C(=O)N1CCC(c2ccncc2)CC1)c1ccc(F)cc1. The predicted molar refractivity (Wildman–Crippen MR) is 95.6 cm³/mol. The van der Waals surface area contributed by atoms with Crippen molar-refractivity contribution in [3.8, 4) is 0 Å². The highest BCUT2D eigenvalue weighted by Crippen LogP contribution is 2.30. The third kappa shape index (κ3) is 4.04. The molecule has 1 fully saturated rings. The molecule has 0 N–H and O–H groups in total. The van der Waals surface area contributed by atoms with Crippen LogP contribution in [0.15, 0.2) is 48.8 Å². The Labute approximate surface area is 148 Å². The summed E-state index contributed by atoms with van der Waals surface area (Å²) in [6.07, 6.45) is 5.56. The first-order valence-corrected chi connectivity index (χ1v) is 8.67. The van der Waals surface area contributed by atoms with Gasteiger partial charge in [-0.2, -0.15) is 0 Å². The molecule has 1 aliphatic rings. The van der Waals surface area contributed by atoms with E-state index in [2.05, 4.69) is 17.1 Å². The molecule has 0 saturated carbocycles. The Kier molecular flexibility index (Phi) is 5.43. The summed E-state index contributed by atoms with van der Waals surface area (Å²) in [5.74, 6) is 0.285. The molecule has 2 aromatic rings. The summed E-state index contributed by atoms with van der Waals surface area (Å²) >= 11 is 0. The van der Waals surface area contributed by atoms with Crippen LogP contribution >= 0.6 is 0 Å². The Morgan fingerprint density at radius 1 is 1.12 bits per heavy atom. The first-order valence-electron chi connectivity index (χ1n) is 8.67. The van der Waals surface area contributed by atoms with Crippen LogP contribution in [0.1, 0.15) is 35.9 Å². The average molecular weight is 341 g/mol. The number of rotatable bonds is 4. The lowest BCUT2D eigenvalue weighted by Crippen LogP contribution is -2.44. The molecule has 1 aromatic heterocycles. The number of likely N-dealkylation sites (N-methyl/N-ethyl adjacent to an activating group) is 1. The zero-order chi connectivity index (χ0) is 17.8. The van der Waals surface area contributed by atoms with Crippen LogP contribution < -0.4 is 0 Å². The molecule has 0 unspecified atom stereocenters. The van der Waals surface area contributed by atoms with Crippen LogP contribution in [0, 0.1) is 5.82 Å². The molecule has 2 heterocycles. The minimum absolute atomic E-state index is 0.0878. The maximum atomic E-state index is 13.2. The predicted octanol–water partition coefficient (Wildman–Crippen LogP) is 3.23. The fraction of sp³-hybridized carbons (Fsp3) is 0.400. The first-order chi connectivity index (χ1) is 12.1. The monoisotopic (exact) mass is 341 g/mol. The van der Waals surface area contributed by atoms with E-state index in [1.807, 2.05) is 36.3 Å². The van der Waals surface area contributed by atoms with Crippen molar-refractivity contribution in [1.82, 2.24) is 14.8 Å². The minimum atomic E-state index is -0.377. The van der Waals surface area contributed by atoms with Crippen LogP contribution in [0.4, 0.5) is 4.39 Å². The number of benzene rings is 1. The Hall–Kier alpha value is -2.27. The number of aromatic nitrogens is 1. The summed E-state index contributed by atoms with van der Waals surface area (Å²) in [5.41, 5.74) is 2.12. The molecule has 3 rings (SSSR count). The zero-order valence-corrected chi connectivity index (χ0v) is 14.7. The Balaban J connectivity index is 1.68. The van der Waals surface area contributed by atoms with Crippen molar-refractivity contribution in [2.24, 2.45) is 0 Å². The van der Waals surface area contributed by atoms with Gasteiger partial charge in [-0.1, -0.05) is 12.1 Å². The van der Waals surface area contributed by atoms with Gasteiger partial charge in [0.05, 0.1) is 0 Å². The van der Waals surface area contributed by atoms with Crippen LogP contribution in [0.2, 0.25) is 0 Å². The lowest BCUT2D eigenvalue weighted by molar-refractivity contribution is -0.137. The van der Waals surface area contributed by atoms with Gasteiger partial charge in [-0.25, -0.2) is 4.39 Å². The molecule has 132 valence electrons. The summed E-state index contributed by atoms with van der Waals surface area (Å²) in [5, 5.41) is 0. The number of hydrogen-bond acceptors (Lipinski definition) is 3. The molecule has 0 spiro atoms. The van der Waals surface area contributed by atoms with Crippen molar-refractivity contribution < 1.29 is 9.18 Å². The van der Waals surface area contributed by atoms with Gasteiger partial charge in [0.1, 0.15) is 11.9 Å². The van der Waals surface area contributed by atoms with Crippen LogP contribution in [0.5, 0.6) is 0 Å². The van der Waals surface area contributed by atoms with E-state index in [1.165, 1.54) is 17.7 Å². The van der Waals surface area contributed by atoms with E-state index in [0.29, 0.717) is 5.92 Å². The summed E-state index contributed by atoms with van der Waals surface area (Å²) in [7, 11) is 3.77. The lowest BCUT2D eigenvalue weighted by Gasteiger charge is -2.36. The summed E-state index contributed by atoms with van der Waals surface area (Å²) < 4.78 is 13.2. The molecule has 1 aliphatic heterocycles. The highest BCUT2D eigenvalue weighted by Gasteiger charge is 2.31. The third-order valence-corrected chi connectivity index (χ3v) is 4.92. The highest BCUT2D eigenvalue weighted by molar-refractivity contribution is 5.83. The summed E-state index contributed by atoms with van der Waals surface area (Å²) in [6.45, 7) is 1.49. The molecule has 5 heteroatoms. The van der Waals surface area contributed by atoms with Crippen molar-refractivity contribution >= 4 is 5.91 Å². The van der Waals surface area contributed by atoms with Gasteiger partial charge in [-0.15, -0.1) is 0 Å². The van der Waals surface area contributed by atoms with Crippen molar-refractivity contribution in [2.75, 3.05) is 27.2 Å². The molecule has 0 aliphatic carbocycles. The number of amides is 1. The van der Waals surface area contributed by atoms with E-state index in [4.69, 9.17) is 0 Å². The minimum Gasteiger partial charge on any atom is -0.341 e. The first kappa shape index (κ1) is 17.5. The van der Waals surface area contributed by atoms with Gasteiger partial charge in [-0.3, -0.25) is 14.7 Å². The molecule has 4 nitrogen and oxygen atoms in total. The molecule has 1 atom stereocenters. The van der Waals surface area contributed by atoms with Crippen molar-refractivity contribution in [1.29, 1.82) is 0 Å². The van der Waals surface area contributed by atoms with Crippen molar-refractivity contribution in [2.45, 2.75) is 24.8 Å². The Morgan fingerprint density at radius 2 is 1.72 bits per heavy atom. The number of nitrogens with zero attached hydrogens (tertiary/aromatic N) is 3. The van der Waals surface area contributed by atoms with E-state index in [9.17, 15) is 9.18 Å². The smallest absolute Gasteiger partial charge is 0.244 e. The zero-order valence-electron chi connectivity index (χ0n) is 14.7.